The fraction of sp³-hybridized carbons (Fsp3) is 0.273. The summed E-state index contributed by atoms with van der Waals surface area (Å²) in [4.78, 5) is 0. The molecule has 0 aromatic heterocycles. The molecule has 1 heterocycles. The number of para-hydroxylation sites is 1. The highest BCUT2D eigenvalue weighted by atomic mass is 16.5. The molecule has 0 amide bonds. The number of aliphatic hydroxyl groups is 1. The molecule has 0 saturated heterocycles. The van der Waals surface area contributed by atoms with Crippen molar-refractivity contribution >= 4 is 0 Å². The number of hydrogen-bond donors (Lipinski definition) is 1. The first-order valence-electron chi connectivity index (χ1n) is 4.38. The number of fused-ring (bicyclic) bond motifs is 1. The summed E-state index contributed by atoms with van der Waals surface area (Å²) >= 11 is 0. The highest BCUT2D eigenvalue weighted by Gasteiger charge is 2.18. The second kappa shape index (κ2) is 3.23. The van der Waals surface area contributed by atoms with E-state index in [4.69, 9.17) is 4.74 Å². The van der Waals surface area contributed by atoms with E-state index in [1.165, 1.54) is 11.6 Å². The Balaban J connectivity index is 2.46. The molecule has 0 fully saturated rings. The zero-order valence-corrected chi connectivity index (χ0v) is 7.36. The molecule has 2 heteroatoms. The lowest BCUT2D eigenvalue weighted by Gasteiger charge is -2.10. The molecule has 0 radical (unpaired) electrons. The fourth-order valence-corrected chi connectivity index (χ4v) is 1.60. The van der Waals surface area contributed by atoms with Crippen molar-refractivity contribution < 1.29 is 9.84 Å². The van der Waals surface area contributed by atoms with Gasteiger partial charge in [0.2, 0.25) is 0 Å². The van der Waals surface area contributed by atoms with Gasteiger partial charge in [0.1, 0.15) is 11.9 Å². The van der Waals surface area contributed by atoms with Gasteiger partial charge in [0.15, 0.2) is 0 Å². The molecule has 68 valence electrons. The van der Waals surface area contributed by atoms with Gasteiger partial charge in [0.05, 0.1) is 6.61 Å². The maximum absolute atomic E-state index is 9.60. The molecule has 1 unspecified atom stereocenters. The lowest BCUT2D eigenvalue weighted by atomic mass is 10.0. The minimum Gasteiger partial charge on any atom is -0.493 e. The molecule has 1 aliphatic rings. The minimum absolute atomic E-state index is 0.618. The van der Waals surface area contributed by atoms with Gasteiger partial charge in [-0.05, 0) is 5.56 Å². The van der Waals surface area contributed by atoms with Gasteiger partial charge in [-0.3, -0.25) is 0 Å². The maximum atomic E-state index is 9.60. The van der Waals surface area contributed by atoms with E-state index in [2.05, 4.69) is 6.58 Å². The van der Waals surface area contributed by atoms with Gasteiger partial charge < -0.3 is 9.84 Å². The van der Waals surface area contributed by atoms with E-state index in [-0.39, 0.29) is 0 Å². The molecule has 13 heavy (non-hydrogen) atoms. The Bertz CT molecular complexity index is 331. The van der Waals surface area contributed by atoms with Crippen LogP contribution >= 0.6 is 0 Å². The highest BCUT2D eigenvalue weighted by Crippen LogP contribution is 2.33. The third-order valence-electron chi connectivity index (χ3n) is 2.29. The number of ether oxygens (including phenoxy) is 1. The molecule has 1 atom stereocenters. The van der Waals surface area contributed by atoms with E-state index in [0.717, 1.165) is 24.3 Å². The number of benzene rings is 1. The third-order valence-corrected chi connectivity index (χ3v) is 2.29. The SMILES string of the molecule is C=CC(O)c1cccc2c1OCC2. The van der Waals surface area contributed by atoms with Crippen LogP contribution in [-0.2, 0) is 6.42 Å². The average Bonchev–Trinajstić information content (AvgIpc) is 2.63. The summed E-state index contributed by atoms with van der Waals surface area (Å²) in [6.45, 7) is 4.28. The van der Waals surface area contributed by atoms with Crippen LogP contribution < -0.4 is 4.74 Å². The number of rotatable bonds is 2. The third kappa shape index (κ3) is 1.33. The highest BCUT2D eigenvalue weighted by molar-refractivity contribution is 5.45. The Morgan fingerprint density at radius 3 is 3.15 bits per heavy atom. The molecule has 0 bridgehead atoms. The quantitative estimate of drug-likeness (QED) is 0.697. The maximum Gasteiger partial charge on any atom is 0.128 e. The summed E-state index contributed by atoms with van der Waals surface area (Å²) < 4.78 is 5.44. The van der Waals surface area contributed by atoms with Crippen molar-refractivity contribution in [1.82, 2.24) is 0 Å². The van der Waals surface area contributed by atoms with Crippen molar-refractivity contribution in [3.63, 3.8) is 0 Å². The summed E-state index contributed by atoms with van der Waals surface area (Å²) in [7, 11) is 0. The Morgan fingerprint density at radius 2 is 2.38 bits per heavy atom. The average molecular weight is 176 g/mol. The Kier molecular flexibility index (Phi) is 2.07. The first kappa shape index (κ1) is 8.32. The molecule has 0 saturated carbocycles. The van der Waals surface area contributed by atoms with Crippen LogP contribution in [0.5, 0.6) is 5.75 Å². The van der Waals surface area contributed by atoms with Gasteiger partial charge in [-0.2, -0.15) is 0 Å². The van der Waals surface area contributed by atoms with Crippen LogP contribution in [0.15, 0.2) is 30.9 Å². The van der Waals surface area contributed by atoms with Crippen molar-refractivity contribution in [2.75, 3.05) is 6.61 Å². The van der Waals surface area contributed by atoms with Crippen LogP contribution in [0.1, 0.15) is 17.2 Å². The van der Waals surface area contributed by atoms with Crippen LogP contribution in [0.4, 0.5) is 0 Å². The number of aliphatic hydroxyl groups excluding tert-OH is 1. The van der Waals surface area contributed by atoms with Gasteiger partial charge in [-0.15, -0.1) is 6.58 Å². The Labute approximate surface area is 77.5 Å². The van der Waals surface area contributed by atoms with Crippen molar-refractivity contribution in [1.29, 1.82) is 0 Å². The van der Waals surface area contributed by atoms with E-state index in [9.17, 15) is 5.11 Å². The summed E-state index contributed by atoms with van der Waals surface area (Å²) in [6, 6.07) is 5.84. The summed E-state index contributed by atoms with van der Waals surface area (Å²) in [5, 5.41) is 9.60. The molecule has 1 aliphatic heterocycles. The van der Waals surface area contributed by atoms with E-state index < -0.39 is 6.10 Å². The second-order valence-electron chi connectivity index (χ2n) is 3.11. The Hall–Kier alpha value is -1.28. The smallest absolute Gasteiger partial charge is 0.128 e. The van der Waals surface area contributed by atoms with Gasteiger partial charge in [0, 0.05) is 12.0 Å². The molecular weight excluding hydrogens is 164 g/mol. The predicted molar refractivity (Wildman–Crippen MR) is 50.8 cm³/mol. The fourth-order valence-electron chi connectivity index (χ4n) is 1.60. The molecule has 0 aliphatic carbocycles. The molecular formula is C11H12O2. The molecule has 2 rings (SSSR count). The van der Waals surface area contributed by atoms with Crippen LogP contribution in [0.2, 0.25) is 0 Å². The lowest BCUT2D eigenvalue weighted by molar-refractivity contribution is 0.222. The van der Waals surface area contributed by atoms with Crippen molar-refractivity contribution in [2.24, 2.45) is 0 Å². The number of hydrogen-bond acceptors (Lipinski definition) is 2. The first-order chi connectivity index (χ1) is 6.33. The first-order valence-corrected chi connectivity index (χ1v) is 4.38. The van der Waals surface area contributed by atoms with Gasteiger partial charge in [-0.25, -0.2) is 0 Å². The van der Waals surface area contributed by atoms with Crippen LogP contribution in [0, 0.1) is 0 Å². The van der Waals surface area contributed by atoms with E-state index in [1.807, 2.05) is 18.2 Å². The van der Waals surface area contributed by atoms with E-state index in [1.54, 1.807) is 0 Å². The molecule has 1 aromatic rings. The molecule has 1 N–H and O–H groups in total. The van der Waals surface area contributed by atoms with Crippen molar-refractivity contribution in [3.8, 4) is 5.75 Å². The van der Waals surface area contributed by atoms with Crippen molar-refractivity contribution in [2.45, 2.75) is 12.5 Å². The molecule has 1 aromatic carbocycles. The lowest BCUT2D eigenvalue weighted by Crippen LogP contribution is -1.96. The molecule has 0 spiro atoms. The standard InChI is InChI=1S/C11H12O2/c1-2-10(12)9-5-3-4-8-6-7-13-11(8)9/h2-5,10,12H,1,6-7H2. The van der Waals surface area contributed by atoms with Gasteiger partial charge in [0.25, 0.3) is 0 Å². The van der Waals surface area contributed by atoms with Crippen LogP contribution in [0.25, 0.3) is 0 Å². The largest absolute Gasteiger partial charge is 0.493 e. The minimum atomic E-state index is -0.618. The Morgan fingerprint density at radius 1 is 1.54 bits per heavy atom. The van der Waals surface area contributed by atoms with Gasteiger partial charge >= 0.3 is 0 Å². The van der Waals surface area contributed by atoms with E-state index in [0.29, 0.717) is 0 Å². The van der Waals surface area contributed by atoms with E-state index >= 15 is 0 Å². The normalized spacial score (nSPS) is 16.1. The second-order valence-corrected chi connectivity index (χ2v) is 3.11. The predicted octanol–water partition coefficient (Wildman–Crippen LogP) is 1.84. The molecule has 2 nitrogen and oxygen atoms in total. The van der Waals surface area contributed by atoms with Crippen LogP contribution in [0.3, 0.4) is 0 Å². The summed E-state index contributed by atoms with van der Waals surface area (Å²) in [6.07, 6.45) is 1.83. The zero-order chi connectivity index (χ0) is 9.26. The zero-order valence-electron chi connectivity index (χ0n) is 7.36. The van der Waals surface area contributed by atoms with Crippen LogP contribution in [-0.4, -0.2) is 11.7 Å². The van der Waals surface area contributed by atoms with Gasteiger partial charge in [-0.1, -0.05) is 24.3 Å². The topological polar surface area (TPSA) is 29.5 Å². The summed E-state index contributed by atoms with van der Waals surface area (Å²) in [5.41, 5.74) is 2.00. The van der Waals surface area contributed by atoms with Crippen molar-refractivity contribution in [3.05, 3.63) is 42.0 Å². The monoisotopic (exact) mass is 176 g/mol. The summed E-state index contributed by atoms with van der Waals surface area (Å²) in [5.74, 6) is 0.842.